The Morgan fingerprint density at radius 1 is 1.22 bits per heavy atom. The van der Waals surface area contributed by atoms with Crippen molar-refractivity contribution < 1.29 is 14.3 Å². The van der Waals surface area contributed by atoms with Crippen molar-refractivity contribution in [3.8, 4) is 11.5 Å². The fourth-order valence-electron chi connectivity index (χ4n) is 3.20. The molecular formula is C19H27NO3. The largest absolute Gasteiger partial charge is 0.497 e. The van der Waals surface area contributed by atoms with Crippen molar-refractivity contribution in [2.75, 3.05) is 20.8 Å². The van der Waals surface area contributed by atoms with Gasteiger partial charge in [-0.1, -0.05) is 19.3 Å². The van der Waals surface area contributed by atoms with E-state index >= 15 is 0 Å². The Morgan fingerprint density at radius 3 is 2.57 bits per heavy atom. The fourth-order valence-corrected chi connectivity index (χ4v) is 3.20. The summed E-state index contributed by atoms with van der Waals surface area (Å²) in [6, 6.07) is 5.98. The number of carbonyl (C=O) groups is 1. The molecule has 0 bridgehead atoms. The molecule has 2 rings (SSSR count). The molecule has 126 valence electrons. The molecule has 1 aliphatic rings. The third kappa shape index (κ3) is 4.50. The molecule has 23 heavy (non-hydrogen) atoms. The van der Waals surface area contributed by atoms with E-state index in [-0.39, 0.29) is 5.91 Å². The second kappa shape index (κ2) is 8.61. The normalized spacial score (nSPS) is 15.6. The highest BCUT2D eigenvalue weighted by Crippen LogP contribution is 2.26. The lowest BCUT2D eigenvalue weighted by atomic mass is 9.94. The first-order valence-corrected chi connectivity index (χ1v) is 8.40. The average molecular weight is 317 g/mol. The molecule has 1 fully saturated rings. The van der Waals surface area contributed by atoms with E-state index in [0.29, 0.717) is 11.8 Å². The van der Waals surface area contributed by atoms with Crippen molar-refractivity contribution in [1.29, 1.82) is 0 Å². The number of ether oxygens (including phenoxy) is 2. The molecule has 0 unspecified atom stereocenters. The highest BCUT2D eigenvalue weighted by Gasteiger charge is 2.22. The van der Waals surface area contributed by atoms with E-state index in [4.69, 9.17) is 9.47 Å². The topological polar surface area (TPSA) is 38.8 Å². The van der Waals surface area contributed by atoms with Crippen LogP contribution < -0.4 is 9.47 Å². The van der Waals surface area contributed by atoms with Crippen LogP contribution in [0.3, 0.4) is 0 Å². The molecule has 1 saturated carbocycles. The van der Waals surface area contributed by atoms with Crippen LogP contribution in [0.1, 0.15) is 44.6 Å². The molecule has 0 N–H and O–H groups in total. The molecule has 1 aliphatic carbocycles. The number of methoxy groups -OCH3 is 2. The maximum Gasteiger partial charge on any atom is 0.246 e. The molecule has 1 aromatic rings. The predicted molar refractivity (Wildman–Crippen MR) is 92.8 cm³/mol. The smallest absolute Gasteiger partial charge is 0.246 e. The molecule has 0 heterocycles. The van der Waals surface area contributed by atoms with Gasteiger partial charge in [-0.15, -0.1) is 0 Å². The lowest BCUT2D eigenvalue weighted by Crippen LogP contribution is -2.40. The summed E-state index contributed by atoms with van der Waals surface area (Å²) in [4.78, 5) is 14.5. The van der Waals surface area contributed by atoms with Gasteiger partial charge in [-0.05, 0) is 38.0 Å². The number of hydrogen-bond acceptors (Lipinski definition) is 3. The van der Waals surface area contributed by atoms with E-state index in [1.165, 1.54) is 19.3 Å². The molecule has 0 radical (unpaired) electrons. The van der Waals surface area contributed by atoms with Crippen molar-refractivity contribution in [2.24, 2.45) is 0 Å². The van der Waals surface area contributed by atoms with Crippen molar-refractivity contribution in [3.63, 3.8) is 0 Å². The third-order valence-electron chi connectivity index (χ3n) is 4.49. The maximum absolute atomic E-state index is 12.5. The number of benzene rings is 1. The number of hydrogen-bond donors (Lipinski definition) is 0. The molecule has 4 nitrogen and oxygen atoms in total. The highest BCUT2D eigenvalue weighted by atomic mass is 16.5. The van der Waals surface area contributed by atoms with Crippen LogP contribution >= 0.6 is 0 Å². The molecule has 0 saturated heterocycles. The number of nitrogens with zero attached hydrogens (tertiary/aromatic N) is 1. The standard InChI is InChI=1S/C19H27NO3/c1-4-20(16-8-6-5-7-9-16)19(21)13-11-15-10-12-17(22-2)14-18(15)23-3/h10-14,16H,4-9H2,1-3H3/b13-11+. The van der Waals surface area contributed by atoms with Crippen LogP contribution in [-0.2, 0) is 4.79 Å². The van der Waals surface area contributed by atoms with Gasteiger partial charge in [0.1, 0.15) is 11.5 Å². The Morgan fingerprint density at radius 2 is 1.96 bits per heavy atom. The van der Waals surface area contributed by atoms with E-state index in [9.17, 15) is 4.79 Å². The van der Waals surface area contributed by atoms with E-state index < -0.39 is 0 Å². The van der Waals surface area contributed by atoms with Gasteiger partial charge in [0, 0.05) is 30.3 Å². The van der Waals surface area contributed by atoms with Gasteiger partial charge >= 0.3 is 0 Å². The number of carbonyl (C=O) groups excluding carboxylic acids is 1. The van der Waals surface area contributed by atoms with Crippen molar-refractivity contribution >= 4 is 12.0 Å². The van der Waals surface area contributed by atoms with E-state index in [1.807, 2.05) is 36.1 Å². The molecular weight excluding hydrogens is 290 g/mol. The maximum atomic E-state index is 12.5. The van der Waals surface area contributed by atoms with Crippen LogP contribution in [0.25, 0.3) is 6.08 Å². The van der Waals surface area contributed by atoms with Crippen molar-refractivity contribution in [2.45, 2.75) is 45.1 Å². The molecule has 0 aliphatic heterocycles. The summed E-state index contributed by atoms with van der Waals surface area (Å²) >= 11 is 0. The van der Waals surface area contributed by atoms with Gasteiger partial charge in [0.15, 0.2) is 0 Å². The van der Waals surface area contributed by atoms with Crippen LogP contribution in [-0.4, -0.2) is 37.6 Å². The predicted octanol–water partition coefficient (Wildman–Crippen LogP) is 3.90. The lowest BCUT2D eigenvalue weighted by molar-refractivity contribution is -0.128. The van der Waals surface area contributed by atoms with Crippen LogP contribution in [0.4, 0.5) is 0 Å². The monoisotopic (exact) mass is 317 g/mol. The second-order valence-corrected chi connectivity index (χ2v) is 5.86. The molecule has 4 heteroatoms. The zero-order chi connectivity index (χ0) is 16.7. The molecule has 0 aromatic heterocycles. The zero-order valence-corrected chi connectivity index (χ0v) is 14.4. The first kappa shape index (κ1) is 17.4. The third-order valence-corrected chi connectivity index (χ3v) is 4.49. The van der Waals surface area contributed by atoms with Crippen molar-refractivity contribution in [3.05, 3.63) is 29.8 Å². The first-order chi connectivity index (χ1) is 11.2. The van der Waals surface area contributed by atoms with Gasteiger partial charge in [-0.3, -0.25) is 4.79 Å². The first-order valence-electron chi connectivity index (χ1n) is 8.40. The second-order valence-electron chi connectivity index (χ2n) is 5.86. The minimum Gasteiger partial charge on any atom is -0.497 e. The number of likely N-dealkylation sites (N-methyl/N-ethyl adjacent to an activating group) is 1. The van der Waals surface area contributed by atoms with Gasteiger partial charge in [0.2, 0.25) is 5.91 Å². The Kier molecular flexibility index (Phi) is 6.51. The minimum atomic E-state index is 0.0808. The summed E-state index contributed by atoms with van der Waals surface area (Å²) in [5.41, 5.74) is 0.876. The Balaban J connectivity index is 2.09. The van der Waals surface area contributed by atoms with Crippen molar-refractivity contribution in [1.82, 2.24) is 4.90 Å². The van der Waals surface area contributed by atoms with Gasteiger partial charge < -0.3 is 14.4 Å². The summed E-state index contributed by atoms with van der Waals surface area (Å²) in [6.07, 6.45) is 9.48. The SMILES string of the molecule is CCN(C(=O)/C=C/c1ccc(OC)cc1OC)C1CCCCC1. The van der Waals surface area contributed by atoms with E-state index in [1.54, 1.807) is 20.3 Å². The summed E-state index contributed by atoms with van der Waals surface area (Å²) in [7, 11) is 3.24. The summed E-state index contributed by atoms with van der Waals surface area (Å²) < 4.78 is 10.6. The van der Waals surface area contributed by atoms with Crippen LogP contribution in [0.2, 0.25) is 0 Å². The number of rotatable bonds is 6. The summed E-state index contributed by atoms with van der Waals surface area (Å²) in [5, 5.41) is 0. The van der Waals surface area contributed by atoms with Gasteiger partial charge in [-0.25, -0.2) is 0 Å². The van der Waals surface area contributed by atoms with Crippen LogP contribution in [0.5, 0.6) is 11.5 Å². The Labute approximate surface area is 139 Å². The van der Waals surface area contributed by atoms with Gasteiger partial charge in [0.25, 0.3) is 0 Å². The minimum absolute atomic E-state index is 0.0808. The fraction of sp³-hybridized carbons (Fsp3) is 0.526. The number of amides is 1. The van der Waals surface area contributed by atoms with Gasteiger partial charge in [0.05, 0.1) is 14.2 Å². The zero-order valence-electron chi connectivity index (χ0n) is 14.4. The molecule has 1 amide bonds. The molecule has 1 aromatic carbocycles. The summed E-state index contributed by atoms with van der Waals surface area (Å²) in [5.74, 6) is 1.52. The van der Waals surface area contributed by atoms with E-state index in [2.05, 4.69) is 0 Å². The Hall–Kier alpha value is -1.97. The highest BCUT2D eigenvalue weighted by molar-refractivity contribution is 5.92. The van der Waals surface area contributed by atoms with Crippen LogP contribution in [0, 0.1) is 0 Å². The van der Waals surface area contributed by atoms with E-state index in [0.717, 1.165) is 30.7 Å². The quantitative estimate of drug-likeness (QED) is 0.747. The molecule has 0 atom stereocenters. The van der Waals surface area contributed by atoms with Crippen LogP contribution in [0.15, 0.2) is 24.3 Å². The Bertz CT molecular complexity index is 548. The van der Waals surface area contributed by atoms with Gasteiger partial charge in [-0.2, -0.15) is 0 Å². The average Bonchev–Trinajstić information content (AvgIpc) is 2.61. The summed E-state index contributed by atoms with van der Waals surface area (Å²) in [6.45, 7) is 2.81. The lowest BCUT2D eigenvalue weighted by Gasteiger charge is -2.32. The molecule has 0 spiro atoms.